The van der Waals surface area contributed by atoms with E-state index in [1.165, 1.54) is 5.56 Å². The zero-order valence-corrected chi connectivity index (χ0v) is 17.5. The number of carbonyl (C=O) groups is 2. The van der Waals surface area contributed by atoms with Crippen molar-refractivity contribution in [1.82, 2.24) is 14.7 Å². The van der Waals surface area contributed by atoms with Gasteiger partial charge < -0.3 is 9.64 Å². The first-order valence-corrected chi connectivity index (χ1v) is 10.4. The van der Waals surface area contributed by atoms with Crippen LogP contribution in [0.25, 0.3) is 0 Å². The van der Waals surface area contributed by atoms with E-state index in [4.69, 9.17) is 4.74 Å². The first kappa shape index (κ1) is 19.7. The SMILES string of the molecule is CC(C)[C@@H]1C[C@@H](OC(=O)[C@@H]2CCC(=O)N(C)[C@@H]2c2cnn(C)c2)c2ccccc21. The van der Waals surface area contributed by atoms with Gasteiger partial charge in [-0.2, -0.15) is 5.10 Å². The second-order valence-corrected chi connectivity index (χ2v) is 8.68. The highest BCUT2D eigenvalue weighted by Crippen LogP contribution is 2.47. The number of aryl methyl sites for hydroxylation is 1. The van der Waals surface area contributed by atoms with Crippen LogP contribution in [0.1, 0.15) is 67.9 Å². The van der Waals surface area contributed by atoms with Crippen LogP contribution in [0.15, 0.2) is 36.7 Å². The fraction of sp³-hybridized carbons (Fsp3) is 0.522. The highest BCUT2D eigenvalue weighted by molar-refractivity contribution is 5.82. The van der Waals surface area contributed by atoms with Gasteiger partial charge in [0.05, 0.1) is 18.2 Å². The van der Waals surface area contributed by atoms with Crippen LogP contribution in [0.4, 0.5) is 0 Å². The lowest BCUT2D eigenvalue weighted by molar-refractivity contribution is -0.161. The van der Waals surface area contributed by atoms with Crippen molar-refractivity contribution >= 4 is 11.9 Å². The summed E-state index contributed by atoms with van der Waals surface area (Å²) in [4.78, 5) is 27.3. The molecule has 154 valence electrons. The van der Waals surface area contributed by atoms with Gasteiger partial charge in [-0.15, -0.1) is 0 Å². The predicted octanol–water partition coefficient (Wildman–Crippen LogP) is 3.76. The zero-order chi connectivity index (χ0) is 20.7. The van der Waals surface area contributed by atoms with Crippen LogP contribution in [0.3, 0.4) is 0 Å². The molecular formula is C23H29N3O3. The summed E-state index contributed by atoms with van der Waals surface area (Å²) >= 11 is 0. The highest BCUT2D eigenvalue weighted by atomic mass is 16.5. The van der Waals surface area contributed by atoms with Crippen LogP contribution < -0.4 is 0 Å². The Morgan fingerprint density at radius 2 is 1.93 bits per heavy atom. The molecule has 0 spiro atoms. The Morgan fingerprint density at radius 3 is 2.59 bits per heavy atom. The first-order chi connectivity index (χ1) is 13.9. The van der Waals surface area contributed by atoms with Crippen molar-refractivity contribution in [3.63, 3.8) is 0 Å². The normalized spacial score (nSPS) is 26.7. The van der Waals surface area contributed by atoms with E-state index in [1.54, 1.807) is 22.8 Å². The van der Waals surface area contributed by atoms with Gasteiger partial charge in [-0.05, 0) is 35.8 Å². The summed E-state index contributed by atoms with van der Waals surface area (Å²) in [6.45, 7) is 4.43. The van der Waals surface area contributed by atoms with Gasteiger partial charge in [0.15, 0.2) is 0 Å². The molecule has 1 amide bonds. The van der Waals surface area contributed by atoms with Gasteiger partial charge in [0.25, 0.3) is 0 Å². The third-order valence-corrected chi connectivity index (χ3v) is 6.50. The minimum absolute atomic E-state index is 0.0500. The zero-order valence-electron chi connectivity index (χ0n) is 17.5. The van der Waals surface area contributed by atoms with Crippen molar-refractivity contribution in [2.45, 2.75) is 51.2 Å². The summed E-state index contributed by atoms with van der Waals surface area (Å²) in [6, 6.07) is 7.95. The third-order valence-electron chi connectivity index (χ3n) is 6.50. The van der Waals surface area contributed by atoms with Gasteiger partial charge in [-0.1, -0.05) is 38.1 Å². The van der Waals surface area contributed by atoms with Crippen molar-refractivity contribution in [2.24, 2.45) is 18.9 Å². The van der Waals surface area contributed by atoms with Crippen LogP contribution in [0, 0.1) is 11.8 Å². The maximum Gasteiger partial charge on any atom is 0.312 e. The summed E-state index contributed by atoms with van der Waals surface area (Å²) in [5.74, 6) is 0.332. The number of ether oxygens (including phenoxy) is 1. The van der Waals surface area contributed by atoms with E-state index in [0.29, 0.717) is 24.7 Å². The summed E-state index contributed by atoms with van der Waals surface area (Å²) < 4.78 is 7.80. The lowest BCUT2D eigenvalue weighted by atomic mass is 9.85. The molecule has 0 saturated carbocycles. The number of likely N-dealkylation sites (tertiary alicyclic amines) is 1. The molecule has 0 unspecified atom stereocenters. The Bertz CT molecular complexity index is 920. The summed E-state index contributed by atoms with van der Waals surface area (Å²) in [5, 5.41) is 4.23. The summed E-state index contributed by atoms with van der Waals surface area (Å²) in [6.07, 6.45) is 5.08. The maximum atomic E-state index is 13.3. The predicted molar refractivity (Wildman–Crippen MR) is 109 cm³/mol. The topological polar surface area (TPSA) is 64.4 Å². The van der Waals surface area contributed by atoms with Crippen LogP contribution in [-0.4, -0.2) is 33.6 Å². The van der Waals surface area contributed by atoms with Gasteiger partial charge in [0, 0.05) is 32.3 Å². The molecule has 6 heteroatoms. The van der Waals surface area contributed by atoms with E-state index >= 15 is 0 Å². The van der Waals surface area contributed by atoms with Crippen LogP contribution >= 0.6 is 0 Å². The van der Waals surface area contributed by atoms with E-state index in [1.807, 2.05) is 19.3 Å². The van der Waals surface area contributed by atoms with Crippen molar-refractivity contribution in [2.75, 3.05) is 7.05 Å². The Labute approximate surface area is 171 Å². The molecule has 1 aromatic carbocycles. The van der Waals surface area contributed by atoms with E-state index < -0.39 is 0 Å². The van der Waals surface area contributed by atoms with Crippen LogP contribution in [0.5, 0.6) is 0 Å². The van der Waals surface area contributed by atoms with E-state index in [9.17, 15) is 9.59 Å². The molecule has 0 radical (unpaired) electrons. The smallest absolute Gasteiger partial charge is 0.312 e. The number of piperidine rings is 1. The van der Waals surface area contributed by atoms with E-state index in [2.05, 4.69) is 37.1 Å². The number of hydrogen-bond acceptors (Lipinski definition) is 4. The maximum absolute atomic E-state index is 13.3. The molecule has 29 heavy (non-hydrogen) atoms. The highest BCUT2D eigenvalue weighted by Gasteiger charge is 2.42. The first-order valence-electron chi connectivity index (χ1n) is 10.4. The van der Waals surface area contributed by atoms with Crippen LogP contribution in [-0.2, 0) is 21.4 Å². The van der Waals surface area contributed by atoms with Gasteiger partial charge in [-0.3, -0.25) is 14.3 Å². The minimum Gasteiger partial charge on any atom is -0.457 e. The summed E-state index contributed by atoms with van der Waals surface area (Å²) in [5.41, 5.74) is 3.29. The Hall–Kier alpha value is -2.63. The molecule has 6 nitrogen and oxygen atoms in total. The van der Waals surface area contributed by atoms with Gasteiger partial charge in [0.1, 0.15) is 6.10 Å². The standard InChI is InChI=1S/C23H29N3O3/c1-14(2)19-11-20(17-8-6-5-7-16(17)19)29-23(28)18-9-10-21(27)26(4)22(18)15-12-24-25(3)13-15/h5-8,12-14,18-20,22H,9-11H2,1-4H3/t18-,19+,20-,22-/m1/s1. The number of hydrogen-bond donors (Lipinski definition) is 0. The molecule has 2 heterocycles. The molecule has 1 aliphatic carbocycles. The van der Waals surface area contributed by atoms with Crippen molar-refractivity contribution < 1.29 is 14.3 Å². The Balaban J connectivity index is 1.58. The average molecular weight is 396 g/mol. The Morgan fingerprint density at radius 1 is 1.21 bits per heavy atom. The fourth-order valence-corrected chi connectivity index (χ4v) is 4.93. The average Bonchev–Trinajstić information content (AvgIpc) is 3.28. The molecule has 0 bridgehead atoms. The molecular weight excluding hydrogens is 366 g/mol. The third kappa shape index (κ3) is 3.56. The monoisotopic (exact) mass is 395 g/mol. The number of amides is 1. The number of rotatable bonds is 4. The molecule has 0 N–H and O–H groups in total. The number of aromatic nitrogens is 2. The lowest BCUT2D eigenvalue weighted by Crippen LogP contribution is -2.43. The van der Waals surface area contributed by atoms with Crippen molar-refractivity contribution in [3.8, 4) is 0 Å². The number of esters is 1. The molecule has 4 rings (SSSR count). The van der Waals surface area contributed by atoms with Gasteiger partial charge >= 0.3 is 5.97 Å². The van der Waals surface area contributed by atoms with Gasteiger partial charge in [0.2, 0.25) is 5.91 Å². The second kappa shape index (κ2) is 7.65. The fourth-order valence-electron chi connectivity index (χ4n) is 4.93. The second-order valence-electron chi connectivity index (χ2n) is 8.68. The Kier molecular flexibility index (Phi) is 5.19. The minimum atomic E-state index is -0.382. The number of fused-ring (bicyclic) bond motifs is 1. The van der Waals surface area contributed by atoms with Gasteiger partial charge in [-0.25, -0.2) is 0 Å². The largest absolute Gasteiger partial charge is 0.457 e. The molecule has 1 aromatic heterocycles. The molecule has 4 atom stereocenters. The quantitative estimate of drug-likeness (QED) is 0.740. The molecule has 2 aliphatic rings. The molecule has 2 aromatic rings. The van der Waals surface area contributed by atoms with Crippen molar-refractivity contribution in [1.29, 1.82) is 0 Å². The van der Waals surface area contributed by atoms with E-state index in [0.717, 1.165) is 17.5 Å². The van der Waals surface area contributed by atoms with Crippen molar-refractivity contribution in [3.05, 3.63) is 53.3 Å². The molecule has 1 saturated heterocycles. The number of benzene rings is 1. The summed E-state index contributed by atoms with van der Waals surface area (Å²) in [7, 11) is 3.60. The number of carbonyl (C=O) groups excluding carboxylic acids is 2. The van der Waals surface area contributed by atoms with Crippen LogP contribution in [0.2, 0.25) is 0 Å². The molecule has 1 fully saturated rings. The lowest BCUT2D eigenvalue weighted by Gasteiger charge is -2.37. The van der Waals surface area contributed by atoms with E-state index in [-0.39, 0.29) is 29.9 Å². The molecule has 1 aliphatic heterocycles. The number of nitrogens with zero attached hydrogens (tertiary/aromatic N) is 3.